The molecule has 1 aliphatic rings. The number of ether oxygens (including phenoxy) is 2. The highest BCUT2D eigenvalue weighted by atomic mass is 79.9. The van der Waals surface area contributed by atoms with Gasteiger partial charge in [-0.1, -0.05) is 28.1 Å². The van der Waals surface area contributed by atoms with Crippen molar-refractivity contribution in [2.75, 3.05) is 6.79 Å². The Labute approximate surface area is 131 Å². The van der Waals surface area contributed by atoms with Gasteiger partial charge in [-0.2, -0.15) is 0 Å². The fraction of sp³-hybridized carbons (Fsp3) is 0.250. The van der Waals surface area contributed by atoms with Gasteiger partial charge < -0.3 is 14.8 Å². The van der Waals surface area contributed by atoms with E-state index in [1.165, 1.54) is 6.07 Å². The summed E-state index contributed by atoms with van der Waals surface area (Å²) in [5, 5.41) is 3.38. The number of hydrogen-bond donors (Lipinski definition) is 1. The molecule has 2 aromatic rings. The Balaban J connectivity index is 1.70. The topological polar surface area (TPSA) is 30.5 Å². The third kappa shape index (κ3) is 3.19. The van der Waals surface area contributed by atoms with Crippen molar-refractivity contribution in [1.29, 1.82) is 0 Å². The number of nitrogens with one attached hydrogen (secondary N) is 1. The predicted molar refractivity (Wildman–Crippen MR) is 81.9 cm³/mol. The lowest BCUT2D eigenvalue weighted by Crippen LogP contribution is -2.18. The summed E-state index contributed by atoms with van der Waals surface area (Å²) in [5.74, 6) is 1.29. The van der Waals surface area contributed by atoms with Crippen LogP contribution in [-0.4, -0.2) is 6.79 Å². The zero-order valence-electron chi connectivity index (χ0n) is 11.5. The molecule has 0 saturated carbocycles. The Hall–Kier alpha value is -1.59. The number of benzene rings is 2. The first kappa shape index (κ1) is 14.4. The molecular weight excluding hydrogens is 337 g/mol. The normalized spacial score (nSPS) is 14.2. The van der Waals surface area contributed by atoms with Crippen LogP contribution in [-0.2, 0) is 6.54 Å². The van der Waals surface area contributed by atoms with Gasteiger partial charge >= 0.3 is 0 Å². The van der Waals surface area contributed by atoms with Crippen molar-refractivity contribution < 1.29 is 13.9 Å². The van der Waals surface area contributed by atoms with Gasteiger partial charge in [0.1, 0.15) is 5.82 Å². The molecule has 1 aliphatic heterocycles. The smallest absolute Gasteiger partial charge is 0.231 e. The maximum absolute atomic E-state index is 13.2. The van der Waals surface area contributed by atoms with E-state index >= 15 is 0 Å². The maximum atomic E-state index is 13.2. The van der Waals surface area contributed by atoms with Crippen molar-refractivity contribution >= 4 is 15.9 Å². The molecule has 0 bridgehead atoms. The third-order valence-corrected chi connectivity index (χ3v) is 4.23. The van der Waals surface area contributed by atoms with Gasteiger partial charge in [-0.05, 0) is 42.3 Å². The standard InChI is InChI=1S/C16H15BrFNO2/c1-10(11-3-2-4-13(18)5-11)19-8-12-6-15-16(7-14(12)17)21-9-20-15/h2-7,10,19H,8-9H2,1H3/t10-/m1/s1. The molecule has 0 aliphatic carbocycles. The van der Waals surface area contributed by atoms with Crippen molar-refractivity contribution in [2.45, 2.75) is 19.5 Å². The van der Waals surface area contributed by atoms with Gasteiger partial charge in [0.2, 0.25) is 6.79 Å². The molecule has 0 unspecified atom stereocenters. The highest BCUT2D eigenvalue weighted by molar-refractivity contribution is 9.10. The molecule has 2 aromatic carbocycles. The molecule has 0 saturated heterocycles. The monoisotopic (exact) mass is 351 g/mol. The largest absolute Gasteiger partial charge is 0.454 e. The molecule has 3 nitrogen and oxygen atoms in total. The summed E-state index contributed by atoms with van der Waals surface area (Å²) in [6, 6.07) is 10.5. The van der Waals surface area contributed by atoms with Crippen LogP contribution in [0.15, 0.2) is 40.9 Å². The number of hydrogen-bond acceptors (Lipinski definition) is 3. The molecule has 5 heteroatoms. The van der Waals surface area contributed by atoms with Crippen LogP contribution in [0.3, 0.4) is 0 Å². The second kappa shape index (κ2) is 6.03. The molecule has 3 rings (SSSR count). The first-order chi connectivity index (χ1) is 10.1. The van der Waals surface area contributed by atoms with Crippen LogP contribution in [0.2, 0.25) is 0 Å². The van der Waals surface area contributed by atoms with E-state index in [0.717, 1.165) is 27.1 Å². The molecule has 21 heavy (non-hydrogen) atoms. The van der Waals surface area contributed by atoms with Gasteiger partial charge in [-0.3, -0.25) is 0 Å². The van der Waals surface area contributed by atoms with Crippen molar-refractivity contribution in [2.24, 2.45) is 0 Å². The lowest BCUT2D eigenvalue weighted by atomic mass is 10.1. The van der Waals surface area contributed by atoms with Crippen molar-refractivity contribution in [3.05, 3.63) is 57.8 Å². The summed E-state index contributed by atoms with van der Waals surface area (Å²) in [7, 11) is 0. The first-order valence-electron chi connectivity index (χ1n) is 6.70. The van der Waals surface area contributed by atoms with E-state index < -0.39 is 0 Å². The molecule has 1 N–H and O–H groups in total. The zero-order valence-corrected chi connectivity index (χ0v) is 13.1. The van der Waals surface area contributed by atoms with E-state index in [2.05, 4.69) is 21.2 Å². The van der Waals surface area contributed by atoms with Crippen molar-refractivity contribution in [3.63, 3.8) is 0 Å². The summed E-state index contributed by atoms with van der Waals surface area (Å²) < 4.78 is 24.9. The fourth-order valence-corrected chi connectivity index (χ4v) is 2.71. The average molecular weight is 352 g/mol. The molecule has 0 spiro atoms. The summed E-state index contributed by atoms with van der Waals surface area (Å²) >= 11 is 3.53. The molecule has 0 aromatic heterocycles. The average Bonchev–Trinajstić information content (AvgIpc) is 2.91. The zero-order chi connectivity index (χ0) is 14.8. The van der Waals surface area contributed by atoms with Crippen molar-refractivity contribution in [3.8, 4) is 11.5 Å². The van der Waals surface area contributed by atoms with E-state index in [1.807, 2.05) is 25.1 Å². The van der Waals surface area contributed by atoms with E-state index in [4.69, 9.17) is 9.47 Å². The molecule has 1 atom stereocenters. The second-order valence-electron chi connectivity index (χ2n) is 4.95. The number of rotatable bonds is 4. The molecule has 110 valence electrons. The summed E-state index contributed by atoms with van der Waals surface area (Å²) in [4.78, 5) is 0. The Morgan fingerprint density at radius 3 is 2.76 bits per heavy atom. The van der Waals surface area contributed by atoms with Gasteiger partial charge in [0.05, 0.1) is 0 Å². The SMILES string of the molecule is C[C@@H](NCc1cc2c(cc1Br)OCO2)c1cccc(F)c1. The van der Waals surface area contributed by atoms with Crippen LogP contribution in [0.25, 0.3) is 0 Å². The van der Waals surface area contributed by atoms with Gasteiger partial charge in [-0.15, -0.1) is 0 Å². The minimum Gasteiger partial charge on any atom is -0.454 e. The fourth-order valence-electron chi connectivity index (χ4n) is 2.25. The third-order valence-electron chi connectivity index (χ3n) is 3.49. The second-order valence-corrected chi connectivity index (χ2v) is 5.81. The van der Waals surface area contributed by atoms with Crippen LogP contribution in [0, 0.1) is 5.82 Å². The lowest BCUT2D eigenvalue weighted by molar-refractivity contribution is 0.174. The van der Waals surface area contributed by atoms with E-state index in [9.17, 15) is 4.39 Å². The Kier molecular flexibility index (Phi) is 4.12. The van der Waals surface area contributed by atoms with Gasteiger partial charge in [-0.25, -0.2) is 4.39 Å². The minimum absolute atomic E-state index is 0.0537. The number of fused-ring (bicyclic) bond motifs is 1. The van der Waals surface area contributed by atoms with Gasteiger partial charge in [0.25, 0.3) is 0 Å². The molecule has 0 fully saturated rings. The Morgan fingerprint density at radius 2 is 2.00 bits per heavy atom. The molecule has 1 heterocycles. The van der Waals surface area contributed by atoms with Gasteiger partial charge in [0.15, 0.2) is 11.5 Å². The van der Waals surface area contributed by atoms with Crippen LogP contribution in [0.4, 0.5) is 4.39 Å². The van der Waals surface area contributed by atoms with E-state index in [1.54, 1.807) is 12.1 Å². The quantitative estimate of drug-likeness (QED) is 0.896. The van der Waals surface area contributed by atoms with Crippen LogP contribution < -0.4 is 14.8 Å². The predicted octanol–water partition coefficient (Wildman–Crippen LogP) is 4.17. The molecule has 0 amide bonds. The van der Waals surface area contributed by atoms with Crippen molar-refractivity contribution in [1.82, 2.24) is 5.32 Å². The highest BCUT2D eigenvalue weighted by Crippen LogP contribution is 2.37. The summed E-state index contributed by atoms with van der Waals surface area (Å²) in [6.45, 7) is 2.92. The summed E-state index contributed by atoms with van der Waals surface area (Å²) in [6.07, 6.45) is 0. The van der Waals surface area contributed by atoms with Gasteiger partial charge in [0, 0.05) is 17.1 Å². The van der Waals surface area contributed by atoms with Crippen LogP contribution in [0.5, 0.6) is 11.5 Å². The Morgan fingerprint density at radius 1 is 1.24 bits per heavy atom. The first-order valence-corrected chi connectivity index (χ1v) is 7.49. The summed E-state index contributed by atoms with van der Waals surface area (Å²) in [5.41, 5.74) is 1.99. The highest BCUT2D eigenvalue weighted by Gasteiger charge is 2.16. The number of halogens is 2. The van der Waals surface area contributed by atoms with Crippen LogP contribution in [0.1, 0.15) is 24.1 Å². The van der Waals surface area contributed by atoms with E-state index in [0.29, 0.717) is 6.54 Å². The lowest BCUT2D eigenvalue weighted by Gasteiger charge is -2.15. The van der Waals surface area contributed by atoms with Crippen LogP contribution >= 0.6 is 15.9 Å². The molecule has 0 radical (unpaired) electrons. The minimum atomic E-state index is -0.217. The molecular formula is C16H15BrFNO2. The maximum Gasteiger partial charge on any atom is 0.231 e. The Bertz CT molecular complexity index is 663. The van der Waals surface area contributed by atoms with E-state index in [-0.39, 0.29) is 18.7 Å².